The van der Waals surface area contributed by atoms with Gasteiger partial charge in [-0.15, -0.1) is 0 Å². The zero-order valence-electron chi connectivity index (χ0n) is 5.97. The van der Waals surface area contributed by atoms with Crippen molar-refractivity contribution in [1.29, 1.82) is 0 Å². The van der Waals surface area contributed by atoms with E-state index in [0.29, 0.717) is 5.69 Å². The highest BCUT2D eigenvalue weighted by molar-refractivity contribution is 7.78. The highest BCUT2D eigenvalue weighted by Crippen LogP contribution is 2.16. The van der Waals surface area contributed by atoms with E-state index in [1.54, 1.807) is 12.1 Å². The van der Waals surface area contributed by atoms with Crippen LogP contribution in [0.1, 0.15) is 0 Å². The number of aliphatic imine (C=N–C) groups is 1. The predicted octanol–water partition coefficient (Wildman–Crippen LogP) is 2.22. The molecule has 0 aliphatic rings. The molecule has 0 aliphatic carbocycles. The van der Waals surface area contributed by atoms with Gasteiger partial charge in [0.1, 0.15) is 0 Å². The van der Waals surface area contributed by atoms with Gasteiger partial charge in [0.25, 0.3) is 4.92 Å². The van der Waals surface area contributed by atoms with Crippen LogP contribution in [0.4, 0.5) is 11.4 Å². The van der Waals surface area contributed by atoms with Crippen LogP contribution >= 0.6 is 12.2 Å². The number of hydrogen-bond donors (Lipinski definition) is 1. The van der Waals surface area contributed by atoms with Crippen LogP contribution in [0, 0.1) is 4.91 Å². The number of isothiocyanates is 1. The average Bonchev–Trinajstić information content (AvgIpc) is 2.06. The predicted molar refractivity (Wildman–Crippen MR) is 46.2 cm³/mol. The summed E-state index contributed by atoms with van der Waals surface area (Å²) in [6.07, 6.45) is 0. The van der Waals surface area contributed by atoms with Crippen molar-refractivity contribution in [3.63, 3.8) is 0 Å². The summed E-state index contributed by atoms with van der Waals surface area (Å²) in [7, 11) is 0. The minimum absolute atomic E-state index is 0.151. The van der Waals surface area contributed by atoms with Crippen LogP contribution in [-0.4, -0.2) is 15.3 Å². The molecule has 0 bridgehead atoms. The van der Waals surface area contributed by atoms with Crippen molar-refractivity contribution < 1.29 is 10.1 Å². The van der Waals surface area contributed by atoms with Crippen LogP contribution in [0.15, 0.2) is 29.3 Å². The Kier molecular flexibility index (Phi) is 2.63. The fraction of sp³-hybridized carbons (Fsp3) is 0. The van der Waals surface area contributed by atoms with Crippen LogP contribution in [0.3, 0.4) is 0 Å². The number of benzene rings is 1. The highest BCUT2D eigenvalue weighted by Gasteiger charge is 2.08. The Hall–Kier alpha value is -1.58. The zero-order chi connectivity index (χ0) is 8.97. The lowest BCUT2D eigenvalue weighted by molar-refractivity contribution is -0.729. The maximum atomic E-state index is 10.3. The van der Waals surface area contributed by atoms with E-state index in [4.69, 9.17) is 5.21 Å². The van der Waals surface area contributed by atoms with Gasteiger partial charge in [-0.25, -0.2) is 5.21 Å². The van der Waals surface area contributed by atoms with E-state index in [1.807, 2.05) is 0 Å². The Bertz CT molecular complexity index is 320. The van der Waals surface area contributed by atoms with Crippen molar-refractivity contribution in [2.24, 2.45) is 4.99 Å². The topological polar surface area (TPSA) is 52.7 Å². The fourth-order valence-electron chi connectivity index (χ4n) is 0.707. The van der Waals surface area contributed by atoms with Crippen molar-refractivity contribution in [1.82, 2.24) is 0 Å². The second-order valence-corrected chi connectivity index (χ2v) is 2.17. The van der Waals surface area contributed by atoms with Crippen LogP contribution in [-0.2, 0) is 0 Å². The van der Waals surface area contributed by atoms with E-state index >= 15 is 0 Å². The quantitative estimate of drug-likeness (QED) is 0.432. The smallest absolute Gasteiger partial charge is 0.241 e. The van der Waals surface area contributed by atoms with E-state index in [1.165, 1.54) is 12.1 Å². The summed E-state index contributed by atoms with van der Waals surface area (Å²) in [5.74, 6) is 0. The maximum Gasteiger partial charge on any atom is 0.316 e. The molecular formula is C7H5N2O2S+. The third-order valence-corrected chi connectivity index (χ3v) is 1.34. The summed E-state index contributed by atoms with van der Waals surface area (Å²) < 4.78 is 0. The molecule has 5 heteroatoms. The van der Waals surface area contributed by atoms with Gasteiger partial charge in [0.15, 0.2) is 0 Å². The summed E-state index contributed by atoms with van der Waals surface area (Å²) in [6, 6.07) is 5.96. The molecule has 0 saturated carbocycles. The Morgan fingerprint density at radius 3 is 2.42 bits per heavy atom. The number of rotatable bonds is 2. The second-order valence-electron chi connectivity index (χ2n) is 1.99. The Balaban J connectivity index is 3.00. The van der Waals surface area contributed by atoms with Crippen LogP contribution < -0.4 is 0 Å². The van der Waals surface area contributed by atoms with Crippen molar-refractivity contribution in [2.45, 2.75) is 0 Å². The third kappa shape index (κ3) is 1.95. The molecule has 1 aromatic rings. The maximum absolute atomic E-state index is 10.3. The Morgan fingerprint density at radius 2 is 2.00 bits per heavy atom. The number of hydrogen-bond acceptors (Lipinski definition) is 3. The first-order chi connectivity index (χ1) is 5.74. The minimum atomic E-state index is -0.217. The molecule has 0 atom stereocenters. The van der Waals surface area contributed by atoms with Gasteiger partial charge in [0.05, 0.1) is 15.8 Å². The first kappa shape index (κ1) is 8.52. The van der Waals surface area contributed by atoms with Gasteiger partial charge in [-0.2, -0.15) is 4.99 Å². The SMILES string of the molecule is O=[N+](O)c1ccc(N=C=S)cc1. The van der Waals surface area contributed by atoms with Crippen LogP contribution in [0.25, 0.3) is 0 Å². The summed E-state index contributed by atoms with van der Waals surface area (Å²) >= 11 is 4.38. The van der Waals surface area contributed by atoms with Gasteiger partial charge in [-0.1, -0.05) is 0 Å². The van der Waals surface area contributed by atoms with E-state index < -0.39 is 0 Å². The molecule has 0 aliphatic heterocycles. The van der Waals surface area contributed by atoms with Crippen molar-refractivity contribution in [2.75, 3.05) is 0 Å². The average molecular weight is 181 g/mol. The molecule has 0 spiro atoms. The summed E-state index contributed by atoms with van der Waals surface area (Å²) in [4.78, 5) is 13.8. The summed E-state index contributed by atoms with van der Waals surface area (Å²) in [6.45, 7) is 0. The third-order valence-electron chi connectivity index (χ3n) is 1.25. The van der Waals surface area contributed by atoms with E-state index in [0.717, 1.165) is 0 Å². The number of thiocarbonyl (C=S) groups is 1. The molecule has 0 radical (unpaired) electrons. The Labute approximate surface area is 73.7 Å². The Morgan fingerprint density at radius 1 is 1.42 bits per heavy atom. The number of nitrogens with zero attached hydrogens (tertiary/aromatic N) is 2. The molecule has 60 valence electrons. The van der Waals surface area contributed by atoms with Gasteiger partial charge >= 0.3 is 5.69 Å². The molecule has 1 aromatic carbocycles. The fourth-order valence-corrected chi connectivity index (χ4v) is 0.813. The molecule has 0 saturated heterocycles. The lowest BCUT2D eigenvalue weighted by atomic mass is 10.3. The normalized spacial score (nSPS) is 8.67. The van der Waals surface area contributed by atoms with Crippen molar-refractivity contribution in [3.05, 3.63) is 29.2 Å². The van der Waals surface area contributed by atoms with Crippen LogP contribution in [0.5, 0.6) is 0 Å². The molecule has 0 heterocycles. The van der Waals surface area contributed by atoms with Crippen LogP contribution in [0.2, 0.25) is 0 Å². The molecule has 0 amide bonds. The molecule has 1 rings (SSSR count). The largest absolute Gasteiger partial charge is 0.316 e. The van der Waals surface area contributed by atoms with E-state index in [-0.39, 0.29) is 10.6 Å². The second kappa shape index (κ2) is 3.71. The summed E-state index contributed by atoms with van der Waals surface area (Å²) in [5.41, 5.74) is 0.744. The lowest BCUT2D eigenvalue weighted by Crippen LogP contribution is -1.89. The van der Waals surface area contributed by atoms with Crippen molar-refractivity contribution in [3.8, 4) is 0 Å². The molecule has 0 aromatic heterocycles. The van der Waals surface area contributed by atoms with Gasteiger partial charge < -0.3 is 0 Å². The van der Waals surface area contributed by atoms with Crippen molar-refractivity contribution >= 4 is 28.8 Å². The molecular weight excluding hydrogens is 176 g/mol. The molecule has 1 N–H and O–H groups in total. The zero-order valence-corrected chi connectivity index (χ0v) is 6.78. The van der Waals surface area contributed by atoms with E-state index in [2.05, 4.69) is 22.4 Å². The van der Waals surface area contributed by atoms with Gasteiger partial charge in [0, 0.05) is 12.1 Å². The van der Waals surface area contributed by atoms with Gasteiger partial charge in [-0.05, 0) is 24.4 Å². The lowest BCUT2D eigenvalue weighted by Gasteiger charge is -1.86. The van der Waals surface area contributed by atoms with Gasteiger partial charge in [-0.3, -0.25) is 0 Å². The monoisotopic (exact) mass is 181 g/mol. The molecule has 0 fully saturated rings. The first-order valence-corrected chi connectivity index (χ1v) is 3.49. The standard InChI is InChI=1S/C7H5N2O2S/c10-9(11)7-3-1-6(2-4-7)8-5-12/h1-4H,(H,10,11)/q+1. The molecule has 0 unspecified atom stereocenters. The minimum Gasteiger partial charge on any atom is -0.241 e. The first-order valence-electron chi connectivity index (χ1n) is 3.08. The van der Waals surface area contributed by atoms with E-state index in [9.17, 15) is 4.91 Å². The highest BCUT2D eigenvalue weighted by atomic mass is 32.1. The molecule has 12 heavy (non-hydrogen) atoms. The summed E-state index contributed by atoms with van der Waals surface area (Å²) in [5, 5.41) is 10.6. The molecule has 4 nitrogen and oxygen atoms in total. The van der Waals surface area contributed by atoms with Gasteiger partial charge in [0.2, 0.25) is 0 Å².